The molecule has 0 saturated carbocycles. The topological polar surface area (TPSA) is 26.3 Å². The standard InChI is InChI=1S/C15H24O2P/c1-3-5-9-13-15(12-4-2,17-18-16)14-10-7-6-8-11-14/h6-8,10-11,18H,3-5,9,12-13H2,1-2H3/q+1. The molecule has 0 N–H and O–H groups in total. The maximum absolute atomic E-state index is 11.0. The van der Waals surface area contributed by atoms with E-state index in [2.05, 4.69) is 26.0 Å². The number of rotatable bonds is 9. The van der Waals surface area contributed by atoms with Gasteiger partial charge in [-0.05, 0) is 23.0 Å². The molecule has 2 atom stereocenters. The van der Waals surface area contributed by atoms with Gasteiger partial charge in [0.2, 0.25) is 0 Å². The largest absolute Gasteiger partial charge is 0.495 e. The highest BCUT2D eigenvalue weighted by atomic mass is 31.1. The average Bonchev–Trinajstić information content (AvgIpc) is 2.40. The van der Waals surface area contributed by atoms with Gasteiger partial charge in [0.05, 0.1) is 0 Å². The molecule has 0 amide bonds. The van der Waals surface area contributed by atoms with Crippen molar-refractivity contribution in [3.8, 4) is 0 Å². The highest BCUT2D eigenvalue weighted by Gasteiger charge is 2.36. The molecule has 0 aliphatic heterocycles. The van der Waals surface area contributed by atoms with Gasteiger partial charge in [-0.3, -0.25) is 0 Å². The van der Waals surface area contributed by atoms with Crippen molar-refractivity contribution < 1.29 is 9.09 Å². The van der Waals surface area contributed by atoms with Gasteiger partial charge in [-0.25, -0.2) is 0 Å². The molecule has 100 valence electrons. The van der Waals surface area contributed by atoms with Crippen molar-refractivity contribution in [1.29, 1.82) is 0 Å². The van der Waals surface area contributed by atoms with Gasteiger partial charge >= 0.3 is 8.69 Å². The molecule has 0 bridgehead atoms. The van der Waals surface area contributed by atoms with Crippen molar-refractivity contribution in [3.05, 3.63) is 35.9 Å². The number of unbranched alkanes of at least 4 members (excludes halogenated alkanes) is 2. The van der Waals surface area contributed by atoms with Crippen molar-refractivity contribution in [1.82, 2.24) is 0 Å². The van der Waals surface area contributed by atoms with E-state index in [1.165, 1.54) is 12.8 Å². The Bertz CT molecular complexity index is 340. The molecule has 1 aromatic carbocycles. The Labute approximate surface area is 112 Å². The van der Waals surface area contributed by atoms with E-state index in [0.717, 1.165) is 31.2 Å². The number of hydrogen-bond acceptors (Lipinski definition) is 2. The van der Waals surface area contributed by atoms with Crippen LogP contribution in [0.5, 0.6) is 0 Å². The fourth-order valence-corrected chi connectivity index (χ4v) is 2.94. The third-order valence-corrected chi connectivity index (χ3v) is 3.85. The van der Waals surface area contributed by atoms with Crippen molar-refractivity contribution >= 4 is 8.69 Å². The van der Waals surface area contributed by atoms with Crippen molar-refractivity contribution in [2.75, 3.05) is 0 Å². The van der Waals surface area contributed by atoms with E-state index >= 15 is 0 Å². The number of benzene rings is 1. The summed E-state index contributed by atoms with van der Waals surface area (Å²) in [5.41, 5.74) is 0.803. The van der Waals surface area contributed by atoms with E-state index in [-0.39, 0.29) is 5.60 Å². The zero-order valence-electron chi connectivity index (χ0n) is 11.4. The maximum Gasteiger partial charge on any atom is 0.495 e. The molecule has 2 nitrogen and oxygen atoms in total. The Hall–Kier alpha value is -0.720. The molecular weight excluding hydrogens is 243 g/mol. The molecule has 2 unspecified atom stereocenters. The van der Waals surface area contributed by atoms with Crippen LogP contribution in [-0.4, -0.2) is 0 Å². The Morgan fingerprint density at radius 3 is 2.33 bits per heavy atom. The summed E-state index contributed by atoms with van der Waals surface area (Å²) in [7, 11) is -0.694. The first-order valence-corrected chi connectivity index (χ1v) is 7.71. The fourth-order valence-electron chi connectivity index (χ4n) is 2.46. The summed E-state index contributed by atoms with van der Waals surface area (Å²) in [5, 5.41) is 0. The monoisotopic (exact) mass is 267 g/mol. The Morgan fingerprint density at radius 2 is 1.78 bits per heavy atom. The first kappa shape index (κ1) is 15.3. The molecule has 0 spiro atoms. The molecule has 0 radical (unpaired) electrons. The lowest BCUT2D eigenvalue weighted by molar-refractivity contribution is 0.0581. The third kappa shape index (κ3) is 4.19. The van der Waals surface area contributed by atoms with E-state index in [1.807, 2.05) is 18.2 Å². The van der Waals surface area contributed by atoms with Crippen LogP contribution in [0.3, 0.4) is 0 Å². The zero-order chi connectivity index (χ0) is 13.3. The van der Waals surface area contributed by atoms with Gasteiger partial charge in [0, 0.05) is 0 Å². The van der Waals surface area contributed by atoms with Crippen molar-refractivity contribution in [3.63, 3.8) is 0 Å². The Morgan fingerprint density at radius 1 is 1.06 bits per heavy atom. The summed E-state index contributed by atoms with van der Waals surface area (Å²) in [5.74, 6) is 0. The highest BCUT2D eigenvalue weighted by Crippen LogP contribution is 2.39. The molecule has 0 aromatic heterocycles. The lowest BCUT2D eigenvalue weighted by atomic mass is 9.84. The second-order valence-corrected chi connectivity index (χ2v) is 5.12. The van der Waals surface area contributed by atoms with Gasteiger partial charge in [-0.1, -0.05) is 69.9 Å². The lowest BCUT2D eigenvalue weighted by Gasteiger charge is -2.27. The number of hydrogen-bond donors (Lipinski definition) is 0. The molecule has 1 aromatic rings. The second-order valence-electron chi connectivity index (χ2n) is 4.75. The van der Waals surface area contributed by atoms with Gasteiger partial charge in [-0.2, -0.15) is 0 Å². The van der Waals surface area contributed by atoms with Gasteiger partial charge in [0.1, 0.15) is 5.60 Å². The first-order valence-electron chi connectivity index (χ1n) is 6.89. The van der Waals surface area contributed by atoms with E-state index in [9.17, 15) is 4.57 Å². The third-order valence-electron chi connectivity index (χ3n) is 3.37. The quantitative estimate of drug-likeness (QED) is 0.453. The lowest BCUT2D eigenvalue weighted by Crippen LogP contribution is -2.26. The van der Waals surface area contributed by atoms with Crippen LogP contribution in [-0.2, 0) is 14.7 Å². The molecule has 0 fully saturated rings. The van der Waals surface area contributed by atoms with Crippen molar-refractivity contribution in [2.24, 2.45) is 0 Å². The second kappa shape index (κ2) is 8.39. The predicted molar refractivity (Wildman–Crippen MR) is 77.3 cm³/mol. The SMILES string of the molecule is CCCCCC(CCC)(O[PH+]=O)c1ccccc1. The van der Waals surface area contributed by atoms with E-state index in [4.69, 9.17) is 4.52 Å². The smallest absolute Gasteiger partial charge is 0.136 e. The van der Waals surface area contributed by atoms with Gasteiger partial charge < -0.3 is 0 Å². The molecule has 0 saturated heterocycles. The average molecular weight is 267 g/mol. The highest BCUT2D eigenvalue weighted by molar-refractivity contribution is 7.17. The molecule has 3 heteroatoms. The van der Waals surface area contributed by atoms with Crippen LogP contribution in [0.1, 0.15) is 57.9 Å². The van der Waals surface area contributed by atoms with Crippen LogP contribution in [0, 0.1) is 0 Å². The Balaban J connectivity index is 2.92. The minimum Gasteiger partial charge on any atom is -0.136 e. The minimum absolute atomic E-state index is 0.356. The molecule has 0 aliphatic carbocycles. The molecule has 0 heterocycles. The summed E-state index contributed by atoms with van der Waals surface area (Å²) >= 11 is 0. The van der Waals surface area contributed by atoms with Crippen LogP contribution in [0.25, 0.3) is 0 Å². The molecule has 0 aliphatic rings. The zero-order valence-corrected chi connectivity index (χ0v) is 12.4. The molecule has 1 rings (SSSR count). The maximum atomic E-state index is 11.0. The van der Waals surface area contributed by atoms with E-state index in [1.54, 1.807) is 0 Å². The summed E-state index contributed by atoms with van der Waals surface area (Å²) < 4.78 is 16.7. The van der Waals surface area contributed by atoms with Crippen LogP contribution >= 0.6 is 8.69 Å². The molecule has 18 heavy (non-hydrogen) atoms. The van der Waals surface area contributed by atoms with Gasteiger partial charge in [0.15, 0.2) is 0 Å². The summed E-state index contributed by atoms with van der Waals surface area (Å²) in [6.07, 6.45) is 6.42. The summed E-state index contributed by atoms with van der Waals surface area (Å²) in [6, 6.07) is 10.2. The van der Waals surface area contributed by atoms with Crippen LogP contribution in [0.2, 0.25) is 0 Å². The predicted octanol–water partition coefficient (Wildman–Crippen LogP) is 5.22. The van der Waals surface area contributed by atoms with E-state index in [0.29, 0.717) is 0 Å². The van der Waals surface area contributed by atoms with Gasteiger partial charge in [0.25, 0.3) is 0 Å². The van der Waals surface area contributed by atoms with Crippen LogP contribution < -0.4 is 0 Å². The summed E-state index contributed by atoms with van der Waals surface area (Å²) in [4.78, 5) is 0. The van der Waals surface area contributed by atoms with Crippen LogP contribution in [0.15, 0.2) is 30.3 Å². The van der Waals surface area contributed by atoms with Crippen LogP contribution in [0.4, 0.5) is 0 Å². The Kier molecular flexibility index (Phi) is 7.15. The van der Waals surface area contributed by atoms with Gasteiger partial charge in [-0.15, -0.1) is 4.52 Å². The minimum atomic E-state index is -0.694. The summed E-state index contributed by atoms with van der Waals surface area (Å²) in [6.45, 7) is 4.34. The molecular formula is C15H24O2P+. The van der Waals surface area contributed by atoms with E-state index < -0.39 is 8.69 Å². The first-order chi connectivity index (χ1) is 8.79. The normalized spacial score (nSPS) is 14.6. The fraction of sp³-hybridized carbons (Fsp3) is 0.600. The van der Waals surface area contributed by atoms with Crippen molar-refractivity contribution in [2.45, 2.75) is 58.0 Å².